The molecule has 1 aromatic rings. The highest BCUT2D eigenvalue weighted by Gasteiger charge is 2.30. The zero-order chi connectivity index (χ0) is 16.8. The number of hydrogen-bond acceptors (Lipinski definition) is 3. The Morgan fingerprint density at radius 1 is 1.48 bits per heavy atom. The summed E-state index contributed by atoms with van der Waals surface area (Å²) in [5.41, 5.74) is 1.12. The molecule has 0 aliphatic carbocycles. The van der Waals surface area contributed by atoms with E-state index in [4.69, 9.17) is 4.74 Å². The fourth-order valence-corrected chi connectivity index (χ4v) is 2.54. The van der Waals surface area contributed by atoms with E-state index in [0.717, 1.165) is 17.7 Å². The maximum absolute atomic E-state index is 12.0. The SMILES string of the molecule is Cc1cccc(OC[C@H](C)NC(=O)N[C@@H]2C(=O)NCC[C@@H]2C)c1. The fourth-order valence-electron chi connectivity index (χ4n) is 2.54. The number of hydrogen-bond donors (Lipinski definition) is 3. The normalized spacial score (nSPS) is 22.0. The number of ether oxygens (including phenoxy) is 1. The van der Waals surface area contributed by atoms with Crippen molar-refractivity contribution in [3.63, 3.8) is 0 Å². The van der Waals surface area contributed by atoms with Crippen LogP contribution in [0.25, 0.3) is 0 Å². The molecule has 0 radical (unpaired) electrons. The average Bonchev–Trinajstić information content (AvgIpc) is 2.49. The topological polar surface area (TPSA) is 79.5 Å². The highest BCUT2D eigenvalue weighted by atomic mass is 16.5. The summed E-state index contributed by atoms with van der Waals surface area (Å²) < 4.78 is 5.66. The molecule has 126 valence electrons. The van der Waals surface area contributed by atoms with Crippen LogP contribution in [0, 0.1) is 12.8 Å². The predicted octanol–water partition coefficient (Wildman–Crippen LogP) is 1.59. The lowest BCUT2D eigenvalue weighted by Crippen LogP contribution is -2.57. The Bertz CT molecular complexity index is 562. The van der Waals surface area contributed by atoms with Crippen LogP contribution in [0.4, 0.5) is 4.79 Å². The van der Waals surface area contributed by atoms with Crippen LogP contribution in [0.3, 0.4) is 0 Å². The Labute approximate surface area is 137 Å². The molecule has 0 bridgehead atoms. The summed E-state index contributed by atoms with van der Waals surface area (Å²) in [5, 5.41) is 8.30. The van der Waals surface area contributed by atoms with Crippen molar-refractivity contribution in [3.8, 4) is 5.75 Å². The van der Waals surface area contributed by atoms with Crippen molar-refractivity contribution in [2.45, 2.75) is 39.3 Å². The number of aryl methyl sites for hydroxylation is 1. The first-order valence-corrected chi connectivity index (χ1v) is 8.00. The number of rotatable bonds is 5. The Morgan fingerprint density at radius 3 is 2.96 bits per heavy atom. The van der Waals surface area contributed by atoms with E-state index in [-0.39, 0.29) is 23.9 Å². The third kappa shape index (κ3) is 5.16. The summed E-state index contributed by atoms with van der Waals surface area (Å²) in [7, 11) is 0. The molecule has 23 heavy (non-hydrogen) atoms. The van der Waals surface area contributed by atoms with Crippen molar-refractivity contribution >= 4 is 11.9 Å². The van der Waals surface area contributed by atoms with Gasteiger partial charge in [0, 0.05) is 6.54 Å². The third-order valence-corrected chi connectivity index (χ3v) is 3.90. The van der Waals surface area contributed by atoms with Gasteiger partial charge in [-0.2, -0.15) is 0 Å². The summed E-state index contributed by atoms with van der Waals surface area (Å²) in [4.78, 5) is 23.8. The summed E-state index contributed by atoms with van der Waals surface area (Å²) >= 11 is 0. The smallest absolute Gasteiger partial charge is 0.315 e. The summed E-state index contributed by atoms with van der Waals surface area (Å²) in [6, 6.07) is 6.76. The molecule has 0 spiro atoms. The van der Waals surface area contributed by atoms with Gasteiger partial charge in [-0.05, 0) is 43.9 Å². The van der Waals surface area contributed by atoms with Crippen LogP contribution < -0.4 is 20.7 Å². The van der Waals surface area contributed by atoms with Gasteiger partial charge in [0.2, 0.25) is 5.91 Å². The van der Waals surface area contributed by atoms with E-state index < -0.39 is 6.04 Å². The molecule has 1 aliphatic rings. The van der Waals surface area contributed by atoms with E-state index in [1.165, 1.54) is 0 Å². The molecule has 6 nitrogen and oxygen atoms in total. The van der Waals surface area contributed by atoms with E-state index in [1.807, 2.05) is 45.0 Å². The monoisotopic (exact) mass is 319 g/mol. The first-order chi connectivity index (χ1) is 11.0. The molecule has 1 fully saturated rings. The number of amides is 3. The van der Waals surface area contributed by atoms with Crippen molar-refractivity contribution in [1.29, 1.82) is 0 Å². The molecule has 1 saturated heterocycles. The largest absolute Gasteiger partial charge is 0.491 e. The van der Waals surface area contributed by atoms with Crippen LogP contribution in [-0.4, -0.2) is 37.2 Å². The molecule has 2 rings (SSSR count). The van der Waals surface area contributed by atoms with Gasteiger partial charge in [0.05, 0.1) is 6.04 Å². The van der Waals surface area contributed by atoms with Gasteiger partial charge < -0.3 is 20.7 Å². The third-order valence-electron chi connectivity index (χ3n) is 3.90. The zero-order valence-corrected chi connectivity index (χ0v) is 13.9. The minimum atomic E-state index is -0.478. The molecular weight excluding hydrogens is 294 g/mol. The van der Waals surface area contributed by atoms with Crippen LogP contribution in [0.1, 0.15) is 25.8 Å². The second-order valence-electron chi connectivity index (χ2n) is 6.18. The second-order valence-corrected chi connectivity index (χ2v) is 6.18. The summed E-state index contributed by atoms with van der Waals surface area (Å²) in [5.74, 6) is 0.787. The quantitative estimate of drug-likeness (QED) is 0.771. The Morgan fingerprint density at radius 2 is 2.26 bits per heavy atom. The first kappa shape index (κ1) is 17.1. The molecule has 3 atom stereocenters. The average molecular weight is 319 g/mol. The van der Waals surface area contributed by atoms with Gasteiger partial charge in [0.1, 0.15) is 18.4 Å². The molecule has 6 heteroatoms. The Balaban J connectivity index is 1.77. The number of carbonyl (C=O) groups excluding carboxylic acids is 2. The molecular formula is C17H25N3O3. The highest BCUT2D eigenvalue weighted by molar-refractivity contribution is 5.87. The fraction of sp³-hybridized carbons (Fsp3) is 0.529. The lowest BCUT2D eigenvalue weighted by atomic mass is 9.94. The minimum Gasteiger partial charge on any atom is -0.491 e. The molecule has 0 unspecified atom stereocenters. The lowest BCUT2D eigenvalue weighted by Gasteiger charge is -2.29. The van der Waals surface area contributed by atoms with Crippen LogP contribution in [-0.2, 0) is 4.79 Å². The summed E-state index contributed by atoms with van der Waals surface area (Å²) in [6.45, 7) is 6.86. The Hall–Kier alpha value is -2.24. The van der Waals surface area contributed by atoms with Crippen molar-refractivity contribution in [2.24, 2.45) is 5.92 Å². The standard InChI is InChI=1S/C17H25N3O3/c1-11-5-4-6-14(9-11)23-10-13(3)19-17(22)20-15-12(2)7-8-18-16(15)21/h4-6,9,12-13,15H,7-8,10H2,1-3H3,(H,18,21)(H2,19,20,22)/t12-,13-,15-/m0/s1. The zero-order valence-electron chi connectivity index (χ0n) is 13.9. The van der Waals surface area contributed by atoms with E-state index in [1.54, 1.807) is 0 Å². The van der Waals surface area contributed by atoms with Crippen molar-refractivity contribution in [2.75, 3.05) is 13.2 Å². The lowest BCUT2D eigenvalue weighted by molar-refractivity contribution is -0.125. The van der Waals surface area contributed by atoms with Gasteiger partial charge in [0.15, 0.2) is 0 Å². The maximum Gasteiger partial charge on any atom is 0.315 e. The number of benzene rings is 1. The van der Waals surface area contributed by atoms with Gasteiger partial charge in [-0.25, -0.2) is 4.79 Å². The molecule has 0 aromatic heterocycles. The van der Waals surface area contributed by atoms with Crippen LogP contribution in [0.5, 0.6) is 5.75 Å². The summed E-state index contributed by atoms with van der Waals surface area (Å²) in [6.07, 6.45) is 0.864. The van der Waals surface area contributed by atoms with Crippen molar-refractivity contribution in [3.05, 3.63) is 29.8 Å². The minimum absolute atomic E-state index is 0.123. The van der Waals surface area contributed by atoms with Gasteiger partial charge in [-0.1, -0.05) is 19.1 Å². The van der Waals surface area contributed by atoms with Crippen LogP contribution in [0.15, 0.2) is 24.3 Å². The van der Waals surface area contributed by atoms with E-state index >= 15 is 0 Å². The number of urea groups is 1. The Kier molecular flexibility index (Phi) is 5.84. The van der Waals surface area contributed by atoms with E-state index in [0.29, 0.717) is 13.2 Å². The van der Waals surface area contributed by atoms with E-state index in [2.05, 4.69) is 16.0 Å². The van der Waals surface area contributed by atoms with Gasteiger partial charge in [0.25, 0.3) is 0 Å². The van der Waals surface area contributed by atoms with Crippen LogP contribution in [0.2, 0.25) is 0 Å². The molecule has 1 aliphatic heterocycles. The van der Waals surface area contributed by atoms with Crippen molar-refractivity contribution < 1.29 is 14.3 Å². The van der Waals surface area contributed by atoms with Gasteiger partial charge in [-0.15, -0.1) is 0 Å². The van der Waals surface area contributed by atoms with Gasteiger partial charge in [-0.3, -0.25) is 4.79 Å². The molecule has 3 amide bonds. The molecule has 1 heterocycles. The van der Waals surface area contributed by atoms with E-state index in [9.17, 15) is 9.59 Å². The number of nitrogens with one attached hydrogen (secondary N) is 3. The first-order valence-electron chi connectivity index (χ1n) is 8.00. The number of carbonyl (C=O) groups is 2. The second kappa shape index (κ2) is 7.85. The maximum atomic E-state index is 12.0. The van der Waals surface area contributed by atoms with Crippen molar-refractivity contribution in [1.82, 2.24) is 16.0 Å². The highest BCUT2D eigenvalue weighted by Crippen LogP contribution is 2.13. The number of piperidine rings is 1. The molecule has 3 N–H and O–H groups in total. The van der Waals surface area contributed by atoms with Gasteiger partial charge >= 0.3 is 6.03 Å². The van der Waals surface area contributed by atoms with Crippen LogP contribution >= 0.6 is 0 Å². The molecule has 1 aromatic carbocycles. The molecule has 0 saturated carbocycles. The predicted molar refractivity (Wildman–Crippen MR) is 88.4 cm³/mol.